The third kappa shape index (κ3) is 5.95. The van der Waals surface area contributed by atoms with Gasteiger partial charge in [-0.05, 0) is 35.4 Å². The number of aliphatic hydroxyl groups is 1. The minimum atomic E-state index is -0.598. The van der Waals surface area contributed by atoms with Crippen molar-refractivity contribution in [1.29, 1.82) is 0 Å². The Bertz CT molecular complexity index is 849. The van der Waals surface area contributed by atoms with E-state index in [4.69, 9.17) is 14.2 Å². The Morgan fingerprint density at radius 3 is 2.57 bits per heavy atom. The van der Waals surface area contributed by atoms with E-state index in [9.17, 15) is 9.90 Å². The highest BCUT2D eigenvalue weighted by Crippen LogP contribution is 2.30. The first-order chi connectivity index (χ1) is 14.5. The number of carbonyl (C=O) groups is 1. The van der Waals surface area contributed by atoms with Gasteiger partial charge in [-0.15, -0.1) is 0 Å². The average molecular weight is 415 g/mol. The molecule has 0 aromatic heterocycles. The number of benzene rings is 2. The lowest BCUT2D eigenvalue weighted by molar-refractivity contribution is 0.00464. The van der Waals surface area contributed by atoms with Crippen molar-refractivity contribution in [3.05, 3.63) is 48.0 Å². The highest BCUT2D eigenvalue weighted by Gasteiger charge is 2.16. The molecule has 0 aliphatic carbocycles. The molecule has 1 heterocycles. The first-order valence-electron chi connectivity index (χ1n) is 10.1. The van der Waals surface area contributed by atoms with E-state index in [1.54, 1.807) is 38.2 Å². The summed E-state index contributed by atoms with van der Waals surface area (Å²) in [4.78, 5) is 16.0. The predicted molar refractivity (Wildman–Crippen MR) is 115 cm³/mol. The SMILES string of the molecule is COc1cc(OCC(O)CN2CCOCC2)cc(-c2cccc(C(=O)N(C)C)c2)c1. The summed E-state index contributed by atoms with van der Waals surface area (Å²) in [5, 5.41) is 10.3. The molecule has 2 aromatic carbocycles. The van der Waals surface area contributed by atoms with Gasteiger partial charge < -0.3 is 24.2 Å². The molecule has 0 saturated carbocycles. The molecule has 1 aliphatic heterocycles. The van der Waals surface area contributed by atoms with E-state index in [2.05, 4.69) is 4.90 Å². The topological polar surface area (TPSA) is 71.5 Å². The summed E-state index contributed by atoms with van der Waals surface area (Å²) in [5.74, 6) is 1.20. The van der Waals surface area contributed by atoms with Crippen LogP contribution in [0.3, 0.4) is 0 Å². The molecular weight excluding hydrogens is 384 g/mol. The number of carbonyl (C=O) groups excluding carboxylic acids is 1. The molecule has 1 aliphatic rings. The number of ether oxygens (including phenoxy) is 3. The average Bonchev–Trinajstić information content (AvgIpc) is 2.77. The molecular formula is C23H30N2O5. The fraction of sp³-hybridized carbons (Fsp3) is 0.435. The summed E-state index contributed by atoms with van der Waals surface area (Å²) in [7, 11) is 5.06. The van der Waals surface area contributed by atoms with Crippen LogP contribution in [0, 0.1) is 0 Å². The van der Waals surface area contributed by atoms with Crippen LogP contribution in [0.2, 0.25) is 0 Å². The lowest BCUT2D eigenvalue weighted by Gasteiger charge is -2.28. The number of amides is 1. The second-order valence-corrected chi connectivity index (χ2v) is 7.56. The van der Waals surface area contributed by atoms with E-state index in [1.165, 1.54) is 0 Å². The maximum atomic E-state index is 12.3. The van der Waals surface area contributed by atoms with Crippen molar-refractivity contribution < 1.29 is 24.1 Å². The zero-order chi connectivity index (χ0) is 21.5. The molecule has 7 nitrogen and oxygen atoms in total. The van der Waals surface area contributed by atoms with E-state index < -0.39 is 6.10 Å². The van der Waals surface area contributed by atoms with Gasteiger partial charge in [0.1, 0.15) is 24.2 Å². The maximum Gasteiger partial charge on any atom is 0.253 e. The van der Waals surface area contributed by atoms with Gasteiger partial charge in [-0.25, -0.2) is 0 Å². The van der Waals surface area contributed by atoms with Crippen molar-refractivity contribution in [3.63, 3.8) is 0 Å². The fourth-order valence-electron chi connectivity index (χ4n) is 3.36. The van der Waals surface area contributed by atoms with Crippen molar-refractivity contribution in [2.75, 3.05) is 60.7 Å². The Hall–Kier alpha value is -2.61. The molecule has 0 bridgehead atoms. The summed E-state index contributed by atoms with van der Waals surface area (Å²) >= 11 is 0. The van der Waals surface area contributed by atoms with Gasteiger partial charge in [0.15, 0.2) is 0 Å². The lowest BCUT2D eigenvalue weighted by atomic mass is 10.0. The number of morpholine rings is 1. The van der Waals surface area contributed by atoms with Crippen LogP contribution in [0.1, 0.15) is 10.4 Å². The van der Waals surface area contributed by atoms with E-state index in [-0.39, 0.29) is 12.5 Å². The van der Waals surface area contributed by atoms with Gasteiger partial charge in [-0.2, -0.15) is 0 Å². The Balaban J connectivity index is 1.72. The number of hydrogen-bond acceptors (Lipinski definition) is 6. The van der Waals surface area contributed by atoms with E-state index in [0.29, 0.717) is 36.8 Å². The second kappa shape index (κ2) is 10.4. The van der Waals surface area contributed by atoms with Crippen LogP contribution in [-0.2, 0) is 4.74 Å². The monoisotopic (exact) mass is 414 g/mol. The van der Waals surface area contributed by atoms with Crippen LogP contribution < -0.4 is 9.47 Å². The highest BCUT2D eigenvalue weighted by molar-refractivity contribution is 5.95. The number of β-amino-alcohol motifs (C(OH)–C–C–N with tert-alkyl or cyclic N) is 1. The zero-order valence-electron chi connectivity index (χ0n) is 17.8. The van der Waals surface area contributed by atoms with Gasteiger partial charge in [0, 0.05) is 45.4 Å². The van der Waals surface area contributed by atoms with Crippen LogP contribution in [0.15, 0.2) is 42.5 Å². The van der Waals surface area contributed by atoms with Crippen molar-refractivity contribution in [2.45, 2.75) is 6.10 Å². The van der Waals surface area contributed by atoms with Crippen LogP contribution in [0.5, 0.6) is 11.5 Å². The van der Waals surface area contributed by atoms with Crippen LogP contribution in [-0.4, -0.2) is 87.6 Å². The molecule has 1 saturated heterocycles. The summed E-state index contributed by atoms with van der Waals surface area (Å²) in [6.45, 7) is 3.77. The maximum absolute atomic E-state index is 12.3. The Morgan fingerprint density at radius 2 is 1.87 bits per heavy atom. The molecule has 0 radical (unpaired) electrons. The van der Waals surface area contributed by atoms with Crippen molar-refractivity contribution >= 4 is 5.91 Å². The lowest BCUT2D eigenvalue weighted by Crippen LogP contribution is -2.42. The number of methoxy groups -OCH3 is 1. The molecule has 2 aromatic rings. The smallest absolute Gasteiger partial charge is 0.253 e. The van der Waals surface area contributed by atoms with Gasteiger partial charge in [0.05, 0.1) is 20.3 Å². The Kier molecular flexibility index (Phi) is 7.68. The summed E-state index contributed by atoms with van der Waals surface area (Å²) in [6.07, 6.45) is -0.598. The number of hydrogen-bond donors (Lipinski definition) is 1. The minimum absolute atomic E-state index is 0.0533. The standard InChI is InChI=1S/C23H30N2O5/c1-24(2)23(27)18-6-4-5-17(11-18)19-12-21(28-3)14-22(13-19)30-16-20(26)15-25-7-9-29-10-8-25/h4-6,11-14,20,26H,7-10,15-16H2,1-3H3. The summed E-state index contributed by atoms with van der Waals surface area (Å²) in [6, 6.07) is 13.0. The first-order valence-corrected chi connectivity index (χ1v) is 10.1. The summed E-state index contributed by atoms with van der Waals surface area (Å²) in [5.41, 5.74) is 2.38. The van der Waals surface area contributed by atoms with Crippen LogP contribution in [0.25, 0.3) is 11.1 Å². The van der Waals surface area contributed by atoms with Crippen LogP contribution >= 0.6 is 0 Å². The largest absolute Gasteiger partial charge is 0.497 e. The molecule has 1 atom stereocenters. The number of rotatable bonds is 8. The minimum Gasteiger partial charge on any atom is -0.497 e. The van der Waals surface area contributed by atoms with Gasteiger partial charge >= 0.3 is 0 Å². The summed E-state index contributed by atoms with van der Waals surface area (Å²) < 4.78 is 16.6. The third-order valence-corrected chi connectivity index (χ3v) is 4.98. The second-order valence-electron chi connectivity index (χ2n) is 7.56. The van der Waals surface area contributed by atoms with E-state index in [0.717, 1.165) is 24.2 Å². The zero-order valence-corrected chi connectivity index (χ0v) is 17.8. The molecule has 1 amide bonds. The highest BCUT2D eigenvalue weighted by atomic mass is 16.5. The molecule has 7 heteroatoms. The Morgan fingerprint density at radius 1 is 1.13 bits per heavy atom. The molecule has 30 heavy (non-hydrogen) atoms. The molecule has 0 spiro atoms. The van der Waals surface area contributed by atoms with Gasteiger partial charge in [0.2, 0.25) is 0 Å². The van der Waals surface area contributed by atoms with E-state index >= 15 is 0 Å². The Labute approximate surface area is 177 Å². The van der Waals surface area contributed by atoms with Crippen LogP contribution in [0.4, 0.5) is 0 Å². The van der Waals surface area contributed by atoms with Gasteiger partial charge in [-0.3, -0.25) is 9.69 Å². The number of nitrogens with zero attached hydrogens (tertiary/aromatic N) is 2. The predicted octanol–water partition coefficient (Wildman–Crippen LogP) is 2.14. The molecule has 1 unspecified atom stereocenters. The van der Waals surface area contributed by atoms with E-state index in [1.807, 2.05) is 30.3 Å². The van der Waals surface area contributed by atoms with Crippen molar-refractivity contribution in [2.24, 2.45) is 0 Å². The first kappa shape index (κ1) is 22.1. The van der Waals surface area contributed by atoms with Crippen molar-refractivity contribution in [1.82, 2.24) is 9.80 Å². The van der Waals surface area contributed by atoms with Gasteiger partial charge in [0.25, 0.3) is 5.91 Å². The molecule has 3 rings (SSSR count). The molecule has 1 fully saturated rings. The molecule has 1 N–H and O–H groups in total. The normalized spacial score (nSPS) is 15.5. The number of aliphatic hydroxyl groups excluding tert-OH is 1. The molecule has 162 valence electrons. The van der Waals surface area contributed by atoms with Crippen molar-refractivity contribution in [3.8, 4) is 22.6 Å². The quantitative estimate of drug-likeness (QED) is 0.714. The van der Waals surface area contributed by atoms with Gasteiger partial charge in [-0.1, -0.05) is 12.1 Å². The fourth-order valence-corrected chi connectivity index (χ4v) is 3.36. The third-order valence-electron chi connectivity index (χ3n) is 4.98.